The molecule has 0 saturated heterocycles. The molecule has 0 fully saturated rings. The Hall–Kier alpha value is -3.68. The number of nitrogens with one attached hydrogen (secondary N) is 1. The van der Waals surface area contributed by atoms with E-state index in [0.717, 1.165) is 22.2 Å². The first-order valence-electron chi connectivity index (χ1n) is 13.8. The highest BCUT2D eigenvalue weighted by Crippen LogP contribution is 2.60. The lowest BCUT2D eigenvalue weighted by atomic mass is 9.92. The molecule has 0 unspecified atom stereocenters. The SMILES string of the molecule is CCC(CC)(c1ccc(NC(=O)CCc2oc(-c3cc4ccccc4n3C)nc2-c2ccc(Cl)cc2)cc1)P(=O)(O)O. The minimum atomic E-state index is -4.39. The molecule has 5 rings (SSSR count). The van der Waals surface area contributed by atoms with Crippen LogP contribution in [0.4, 0.5) is 5.69 Å². The van der Waals surface area contributed by atoms with Gasteiger partial charge < -0.3 is 24.1 Å². The molecule has 1 amide bonds. The largest absolute Gasteiger partial charge is 0.439 e. The van der Waals surface area contributed by atoms with Gasteiger partial charge >= 0.3 is 7.60 Å². The van der Waals surface area contributed by atoms with Gasteiger partial charge in [-0.25, -0.2) is 4.98 Å². The minimum Gasteiger partial charge on any atom is -0.439 e. The molecular weight excluding hydrogens is 573 g/mol. The molecule has 0 radical (unpaired) electrons. The van der Waals surface area contributed by atoms with Crippen molar-refractivity contribution >= 4 is 41.7 Å². The highest BCUT2D eigenvalue weighted by Gasteiger charge is 2.45. The first kappa shape index (κ1) is 29.8. The smallest absolute Gasteiger partial charge is 0.335 e. The fourth-order valence-corrected chi connectivity index (χ4v) is 6.95. The van der Waals surface area contributed by atoms with Gasteiger partial charge in [-0.1, -0.05) is 67.9 Å². The highest BCUT2D eigenvalue weighted by molar-refractivity contribution is 7.53. The van der Waals surface area contributed by atoms with E-state index in [-0.39, 0.29) is 12.3 Å². The van der Waals surface area contributed by atoms with Gasteiger partial charge in [-0.3, -0.25) is 9.36 Å². The molecule has 2 aromatic heterocycles. The van der Waals surface area contributed by atoms with Gasteiger partial charge in [0.25, 0.3) is 0 Å². The van der Waals surface area contributed by atoms with Gasteiger partial charge in [0.15, 0.2) is 0 Å². The summed E-state index contributed by atoms with van der Waals surface area (Å²) < 4.78 is 20.6. The molecule has 0 aliphatic carbocycles. The predicted octanol–water partition coefficient (Wildman–Crippen LogP) is 7.92. The molecular formula is C32H33ClN3O5P. The number of para-hydroxylation sites is 1. The predicted molar refractivity (Wildman–Crippen MR) is 167 cm³/mol. The Balaban J connectivity index is 1.37. The van der Waals surface area contributed by atoms with E-state index in [1.54, 1.807) is 50.2 Å². The number of aryl methyl sites for hydroxylation is 2. The summed E-state index contributed by atoms with van der Waals surface area (Å²) in [5.41, 5.74) is 4.46. The Morgan fingerprint density at radius 1 is 1.02 bits per heavy atom. The monoisotopic (exact) mass is 605 g/mol. The number of amides is 1. The average Bonchev–Trinajstić information content (AvgIpc) is 3.54. The number of carbonyl (C=O) groups is 1. The first-order chi connectivity index (χ1) is 20.1. The molecule has 3 aromatic carbocycles. The molecule has 3 N–H and O–H groups in total. The van der Waals surface area contributed by atoms with E-state index in [2.05, 4.69) is 5.32 Å². The van der Waals surface area contributed by atoms with E-state index in [0.29, 0.717) is 52.9 Å². The van der Waals surface area contributed by atoms with Gasteiger partial charge in [-0.05, 0) is 54.8 Å². The quantitative estimate of drug-likeness (QED) is 0.139. The van der Waals surface area contributed by atoms with E-state index >= 15 is 0 Å². The van der Waals surface area contributed by atoms with Crippen molar-refractivity contribution in [3.8, 4) is 22.8 Å². The normalized spacial score (nSPS) is 12.1. The van der Waals surface area contributed by atoms with E-state index in [4.69, 9.17) is 21.0 Å². The van der Waals surface area contributed by atoms with E-state index in [1.807, 2.05) is 54.1 Å². The van der Waals surface area contributed by atoms with Crippen molar-refractivity contribution in [1.29, 1.82) is 0 Å². The maximum Gasteiger partial charge on any atom is 0.335 e. The molecule has 5 aromatic rings. The second kappa shape index (κ2) is 11.9. The zero-order valence-corrected chi connectivity index (χ0v) is 25.3. The number of fused-ring (bicyclic) bond motifs is 1. The highest BCUT2D eigenvalue weighted by atomic mass is 35.5. The third kappa shape index (κ3) is 5.68. The molecule has 0 aliphatic rings. The zero-order valence-electron chi connectivity index (χ0n) is 23.7. The van der Waals surface area contributed by atoms with Crippen LogP contribution in [0.1, 0.15) is 44.4 Å². The number of benzene rings is 3. The van der Waals surface area contributed by atoms with Crippen LogP contribution in [0.25, 0.3) is 33.7 Å². The molecule has 10 heteroatoms. The number of halogens is 1. The summed E-state index contributed by atoms with van der Waals surface area (Å²) in [6.45, 7) is 3.54. The molecule has 218 valence electrons. The van der Waals surface area contributed by atoms with E-state index in [1.165, 1.54) is 0 Å². The van der Waals surface area contributed by atoms with Crippen molar-refractivity contribution in [2.75, 3.05) is 5.32 Å². The Kier molecular flexibility index (Phi) is 8.44. The third-order valence-electron chi connectivity index (χ3n) is 8.00. The zero-order chi connectivity index (χ0) is 30.1. The number of rotatable bonds is 10. The molecule has 2 heterocycles. The van der Waals surface area contributed by atoms with Crippen molar-refractivity contribution in [2.45, 2.75) is 44.7 Å². The van der Waals surface area contributed by atoms with Gasteiger partial charge in [-0.15, -0.1) is 0 Å². The average molecular weight is 606 g/mol. The summed E-state index contributed by atoms with van der Waals surface area (Å²) in [7, 11) is -2.43. The van der Waals surface area contributed by atoms with Gasteiger partial charge in [0, 0.05) is 47.1 Å². The lowest BCUT2D eigenvalue weighted by Crippen LogP contribution is -2.24. The van der Waals surface area contributed by atoms with Gasteiger partial charge in [0.1, 0.15) is 17.1 Å². The van der Waals surface area contributed by atoms with Crippen LogP contribution in [0.2, 0.25) is 5.02 Å². The van der Waals surface area contributed by atoms with Crippen molar-refractivity contribution in [3.05, 3.63) is 95.2 Å². The van der Waals surface area contributed by atoms with Crippen molar-refractivity contribution in [2.24, 2.45) is 7.05 Å². The summed E-state index contributed by atoms with van der Waals surface area (Å²) in [4.78, 5) is 37.9. The Morgan fingerprint density at radius 2 is 1.69 bits per heavy atom. The minimum absolute atomic E-state index is 0.141. The fraction of sp³-hybridized carbons (Fsp3) is 0.250. The number of anilines is 1. The first-order valence-corrected chi connectivity index (χ1v) is 15.8. The van der Waals surface area contributed by atoms with Gasteiger partial charge in [0.05, 0.1) is 5.16 Å². The van der Waals surface area contributed by atoms with Crippen molar-refractivity contribution in [1.82, 2.24) is 9.55 Å². The third-order valence-corrected chi connectivity index (χ3v) is 10.3. The number of hydrogen-bond acceptors (Lipinski definition) is 4. The molecule has 42 heavy (non-hydrogen) atoms. The van der Waals surface area contributed by atoms with Crippen molar-refractivity contribution < 1.29 is 23.6 Å². The summed E-state index contributed by atoms with van der Waals surface area (Å²) in [6, 6.07) is 24.1. The summed E-state index contributed by atoms with van der Waals surface area (Å²) in [5, 5.41) is 3.32. The molecule has 8 nitrogen and oxygen atoms in total. The Morgan fingerprint density at radius 3 is 2.31 bits per heavy atom. The van der Waals surface area contributed by atoms with Crippen LogP contribution in [0.15, 0.2) is 83.3 Å². The molecule has 0 atom stereocenters. The maximum absolute atomic E-state index is 13.0. The molecule has 0 spiro atoms. The lowest BCUT2D eigenvalue weighted by molar-refractivity contribution is -0.116. The van der Waals surface area contributed by atoms with Crippen LogP contribution < -0.4 is 5.32 Å². The van der Waals surface area contributed by atoms with Crippen LogP contribution in [0, 0.1) is 0 Å². The number of nitrogens with zero attached hydrogens (tertiary/aromatic N) is 2. The maximum atomic E-state index is 13.0. The lowest BCUT2D eigenvalue weighted by Gasteiger charge is -2.33. The van der Waals surface area contributed by atoms with Crippen LogP contribution in [0.3, 0.4) is 0 Å². The summed E-state index contributed by atoms with van der Waals surface area (Å²) in [6.07, 6.45) is 1.05. The number of oxazole rings is 1. The van der Waals surface area contributed by atoms with Crippen LogP contribution in [-0.4, -0.2) is 25.2 Å². The molecule has 0 aliphatic heterocycles. The van der Waals surface area contributed by atoms with Gasteiger partial charge in [0.2, 0.25) is 11.8 Å². The topological polar surface area (TPSA) is 118 Å². The van der Waals surface area contributed by atoms with E-state index in [9.17, 15) is 19.1 Å². The summed E-state index contributed by atoms with van der Waals surface area (Å²) >= 11 is 6.12. The van der Waals surface area contributed by atoms with Crippen LogP contribution >= 0.6 is 19.2 Å². The summed E-state index contributed by atoms with van der Waals surface area (Å²) in [5.74, 6) is 0.824. The molecule has 0 bridgehead atoms. The fourth-order valence-electron chi connectivity index (χ4n) is 5.51. The van der Waals surface area contributed by atoms with Crippen molar-refractivity contribution in [3.63, 3.8) is 0 Å². The number of carbonyl (C=O) groups excluding carboxylic acids is 1. The van der Waals surface area contributed by atoms with E-state index < -0.39 is 12.8 Å². The standard InChI is InChI=1S/C32H33ClN3O5P/c1-4-32(5-2,42(38,39)40)23-12-16-25(17-13-23)34-29(37)19-18-28-30(21-10-14-24(33)15-11-21)35-31(41-28)27-20-22-8-6-7-9-26(22)36(27)3/h6-17,20H,4-5,18-19H2,1-3H3,(H,34,37)(H2,38,39,40). The second-order valence-corrected chi connectivity index (χ2v) is 12.7. The number of aromatic nitrogens is 2. The Labute approximate surface area is 249 Å². The van der Waals surface area contributed by atoms with Crippen LogP contribution in [0.5, 0.6) is 0 Å². The molecule has 0 saturated carbocycles. The Bertz CT molecular complexity index is 1770. The second-order valence-electron chi connectivity index (χ2n) is 10.4. The van der Waals surface area contributed by atoms with Crippen LogP contribution in [-0.2, 0) is 28.0 Å². The van der Waals surface area contributed by atoms with Gasteiger partial charge in [-0.2, -0.15) is 0 Å². The number of hydrogen-bond donors (Lipinski definition) is 3.